The van der Waals surface area contributed by atoms with Crippen molar-refractivity contribution in [3.8, 4) is 0 Å². The fraction of sp³-hybridized carbons (Fsp3) is 0.0714. The molecular formula is C14H11F3N2O. The predicted octanol–water partition coefficient (Wildman–Crippen LogP) is 2.74. The van der Waals surface area contributed by atoms with Crippen molar-refractivity contribution in [3.05, 3.63) is 65.5 Å². The number of nitrogens with one attached hydrogen (secondary N) is 1. The van der Waals surface area contributed by atoms with Gasteiger partial charge in [0, 0.05) is 17.3 Å². The Morgan fingerprint density at radius 2 is 1.60 bits per heavy atom. The van der Waals surface area contributed by atoms with Crippen LogP contribution in [0.4, 0.5) is 18.9 Å². The maximum atomic E-state index is 13.7. The molecule has 2 aromatic carbocycles. The van der Waals surface area contributed by atoms with Crippen LogP contribution < -0.4 is 11.1 Å². The number of benzene rings is 2. The summed E-state index contributed by atoms with van der Waals surface area (Å²) < 4.78 is 39.3. The molecule has 1 amide bonds. The van der Waals surface area contributed by atoms with E-state index in [4.69, 9.17) is 5.73 Å². The fourth-order valence-corrected chi connectivity index (χ4v) is 1.75. The first-order valence-corrected chi connectivity index (χ1v) is 5.74. The van der Waals surface area contributed by atoms with Crippen molar-refractivity contribution in [1.29, 1.82) is 0 Å². The number of carbonyl (C=O) groups excluding carboxylic acids is 1. The minimum Gasteiger partial charge on any atom is -0.370 e. The zero-order valence-electron chi connectivity index (χ0n) is 10.2. The van der Waals surface area contributed by atoms with Crippen LogP contribution in [0.3, 0.4) is 0 Å². The Balaban J connectivity index is 2.31. The van der Waals surface area contributed by atoms with Gasteiger partial charge in [0.25, 0.3) is 0 Å². The van der Waals surface area contributed by atoms with E-state index >= 15 is 0 Å². The Kier molecular flexibility index (Phi) is 3.93. The van der Waals surface area contributed by atoms with Crippen LogP contribution in [-0.2, 0) is 4.79 Å². The summed E-state index contributed by atoms with van der Waals surface area (Å²) in [6.45, 7) is 0. The highest BCUT2D eigenvalue weighted by Crippen LogP contribution is 2.22. The van der Waals surface area contributed by atoms with Crippen molar-refractivity contribution in [2.45, 2.75) is 6.04 Å². The number of primary amides is 1. The van der Waals surface area contributed by atoms with Gasteiger partial charge in [-0.05, 0) is 30.3 Å². The Hall–Kier alpha value is -2.50. The van der Waals surface area contributed by atoms with E-state index in [1.54, 1.807) is 0 Å². The summed E-state index contributed by atoms with van der Waals surface area (Å²) in [5.41, 5.74) is 5.53. The summed E-state index contributed by atoms with van der Waals surface area (Å²) >= 11 is 0. The summed E-state index contributed by atoms with van der Waals surface area (Å²) in [7, 11) is 0. The van der Waals surface area contributed by atoms with Gasteiger partial charge in [0.15, 0.2) is 0 Å². The van der Waals surface area contributed by atoms with Gasteiger partial charge in [-0.15, -0.1) is 0 Å². The molecule has 104 valence electrons. The highest BCUT2D eigenvalue weighted by Gasteiger charge is 2.21. The maximum Gasteiger partial charge on any atom is 0.244 e. The lowest BCUT2D eigenvalue weighted by Crippen LogP contribution is -2.28. The van der Waals surface area contributed by atoms with E-state index in [2.05, 4.69) is 5.32 Å². The van der Waals surface area contributed by atoms with Crippen molar-refractivity contribution >= 4 is 11.6 Å². The number of anilines is 1. The molecule has 0 spiro atoms. The molecule has 2 aromatic rings. The minimum atomic E-state index is -1.18. The van der Waals surface area contributed by atoms with Crippen LogP contribution in [0.15, 0.2) is 42.5 Å². The van der Waals surface area contributed by atoms with Gasteiger partial charge in [0.1, 0.15) is 23.5 Å². The molecule has 0 bridgehead atoms. The first-order valence-electron chi connectivity index (χ1n) is 5.74. The van der Waals surface area contributed by atoms with E-state index in [1.807, 2.05) is 0 Å². The third-order valence-electron chi connectivity index (χ3n) is 2.71. The Labute approximate surface area is 113 Å². The van der Waals surface area contributed by atoms with Gasteiger partial charge in [0.05, 0.1) is 0 Å². The van der Waals surface area contributed by atoms with Crippen molar-refractivity contribution < 1.29 is 18.0 Å². The maximum absolute atomic E-state index is 13.7. The van der Waals surface area contributed by atoms with E-state index < -0.39 is 29.4 Å². The first-order chi connectivity index (χ1) is 9.47. The van der Waals surface area contributed by atoms with Crippen LogP contribution in [0.2, 0.25) is 0 Å². The zero-order valence-corrected chi connectivity index (χ0v) is 10.2. The van der Waals surface area contributed by atoms with E-state index in [0.29, 0.717) is 11.8 Å². The number of rotatable bonds is 4. The lowest BCUT2D eigenvalue weighted by atomic mass is 10.0. The third-order valence-corrected chi connectivity index (χ3v) is 2.71. The Bertz CT molecular complexity index is 629. The lowest BCUT2D eigenvalue weighted by molar-refractivity contribution is -0.118. The Morgan fingerprint density at radius 3 is 2.15 bits per heavy atom. The van der Waals surface area contributed by atoms with Gasteiger partial charge in [-0.3, -0.25) is 4.79 Å². The van der Waals surface area contributed by atoms with Crippen LogP contribution in [0, 0.1) is 17.5 Å². The quantitative estimate of drug-likeness (QED) is 0.904. The van der Waals surface area contributed by atoms with Crippen molar-refractivity contribution in [2.75, 3.05) is 5.32 Å². The largest absolute Gasteiger partial charge is 0.370 e. The molecule has 1 atom stereocenters. The average molecular weight is 280 g/mol. The van der Waals surface area contributed by atoms with Crippen LogP contribution in [0.1, 0.15) is 11.6 Å². The summed E-state index contributed by atoms with van der Waals surface area (Å²) in [4.78, 5) is 11.4. The summed E-state index contributed by atoms with van der Waals surface area (Å²) in [6.07, 6.45) is 0. The Morgan fingerprint density at radius 1 is 1.00 bits per heavy atom. The molecule has 0 saturated heterocycles. The van der Waals surface area contributed by atoms with Gasteiger partial charge >= 0.3 is 0 Å². The molecule has 0 fully saturated rings. The molecule has 3 N–H and O–H groups in total. The lowest BCUT2D eigenvalue weighted by Gasteiger charge is -2.17. The highest BCUT2D eigenvalue weighted by atomic mass is 19.1. The second-order valence-electron chi connectivity index (χ2n) is 4.15. The smallest absolute Gasteiger partial charge is 0.244 e. The second-order valence-corrected chi connectivity index (χ2v) is 4.15. The standard InChI is InChI=1S/C14H11F3N2O/c15-8-1-4-10(5-2-8)19-13(14(18)20)11-6-3-9(16)7-12(11)17/h1-7,13,19H,(H2,18,20). The molecule has 0 heterocycles. The zero-order chi connectivity index (χ0) is 14.7. The second kappa shape index (κ2) is 5.64. The van der Waals surface area contributed by atoms with Crippen LogP contribution in [-0.4, -0.2) is 5.91 Å². The molecule has 2 rings (SSSR count). The number of halogens is 3. The minimum absolute atomic E-state index is 0.0803. The van der Waals surface area contributed by atoms with E-state index in [0.717, 1.165) is 12.1 Å². The molecule has 0 aliphatic heterocycles. The number of hydrogen-bond donors (Lipinski definition) is 2. The molecule has 3 nitrogen and oxygen atoms in total. The van der Waals surface area contributed by atoms with Crippen LogP contribution >= 0.6 is 0 Å². The molecular weight excluding hydrogens is 269 g/mol. The van der Waals surface area contributed by atoms with Gasteiger partial charge in [-0.25, -0.2) is 13.2 Å². The average Bonchev–Trinajstić information content (AvgIpc) is 2.39. The number of carbonyl (C=O) groups is 1. The molecule has 6 heteroatoms. The van der Waals surface area contributed by atoms with Gasteiger partial charge in [0.2, 0.25) is 5.91 Å². The fourth-order valence-electron chi connectivity index (χ4n) is 1.75. The predicted molar refractivity (Wildman–Crippen MR) is 68.3 cm³/mol. The van der Waals surface area contributed by atoms with Crippen LogP contribution in [0.5, 0.6) is 0 Å². The van der Waals surface area contributed by atoms with Crippen LogP contribution in [0.25, 0.3) is 0 Å². The van der Waals surface area contributed by atoms with E-state index in [9.17, 15) is 18.0 Å². The third kappa shape index (κ3) is 3.09. The van der Waals surface area contributed by atoms with Crippen molar-refractivity contribution in [2.24, 2.45) is 5.73 Å². The molecule has 1 unspecified atom stereocenters. The number of hydrogen-bond acceptors (Lipinski definition) is 2. The number of nitrogens with two attached hydrogens (primary N) is 1. The normalized spacial score (nSPS) is 11.9. The first kappa shape index (κ1) is 13.9. The van der Waals surface area contributed by atoms with E-state index in [-0.39, 0.29) is 5.56 Å². The van der Waals surface area contributed by atoms with Gasteiger partial charge in [-0.1, -0.05) is 6.07 Å². The van der Waals surface area contributed by atoms with Crippen molar-refractivity contribution in [3.63, 3.8) is 0 Å². The van der Waals surface area contributed by atoms with E-state index in [1.165, 1.54) is 24.3 Å². The molecule has 0 saturated carbocycles. The highest BCUT2D eigenvalue weighted by molar-refractivity contribution is 5.84. The monoisotopic (exact) mass is 280 g/mol. The topological polar surface area (TPSA) is 55.1 Å². The molecule has 0 aliphatic rings. The van der Waals surface area contributed by atoms with Crippen molar-refractivity contribution in [1.82, 2.24) is 0 Å². The molecule has 0 aliphatic carbocycles. The summed E-state index contributed by atoms with van der Waals surface area (Å²) in [6, 6.07) is 6.78. The van der Waals surface area contributed by atoms with Gasteiger partial charge in [-0.2, -0.15) is 0 Å². The number of amides is 1. The van der Waals surface area contributed by atoms with Gasteiger partial charge < -0.3 is 11.1 Å². The molecule has 0 aromatic heterocycles. The molecule has 0 radical (unpaired) electrons. The SMILES string of the molecule is NC(=O)C(Nc1ccc(F)cc1)c1ccc(F)cc1F. The molecule has 20 heavy (non-hydrogen) atoms. The summed E-state index contributed by atoms with van der Waals surface area (Å²) in [5, 5.41) is 2.68. The summed E-state index contributed by atoms with van der Waals surface area (Å²) in [5.74, 6) is -2.92.